The average Bonchev–Trinajstić information content (AvgIpc) is 3.06. The molecule has 0 bridgehead atoms. The van der Waals surface area contributed by atoms with Gasteiger partial charge in [-0.1, -0.05) is 24.3 Å². The zero-order chi connectivity index (χ0) is 31.3. The normalized spacial score (nSPS) is 22.7. The highest BCUT2D eigenvalue weighted by Gasteiger charge is 2.34. The number of methoxy groups -OCH3 is 1. The van der Waals surface area contributed by atoms with Crippen LogP contribution >= 0.6 is 11.6 Å². The number of piperidine rings is 2. The van der Waals surface area contributed by atoms with E-state index >= 15 is 0 Å². The number of rotatable bonds is 10. The number of hydrogen-bond donors (Lipinski definition) is 1. The van der Waals surface area contributed by atoms with E-state index in [0.717, 1.165) is 69.2 Å². The second kappa shape index (κ2) is 14.7. The largest absolute Gasteiger partial charge is 0.491 e. The SMILES string of the molecule is COc1c(NC[C@@H]2CCC[C@H](c3ccc(CCl)cc3)O2)ncnc1C(=O)N1CCC(N2CCC(N(C)S(C)(=O)=O)CC2)CC1. The molecular formula is C31H45ClN6O5S. The van der Waals surface area contributed by atoms with E-state index in [0.29, 0.717) is 43.1 Å². The van der Waals surface area contributed by atoms with Crippen LogP contribution in [0.4, 0.5) is 5.82 Å². The van der Waals surface area contributed by atoms with Crippen molar-refractivity contribution in [1.82, 2.24) is 24.1 Å². The monoisotopic (exact) mass is 648 g/mol. The van der Waals surface area contributed by atoms with Gasteiger partial charge in [-0.2, -0.15) is 0 Å². The van der Waals surface area contributed by atoms with Gasteiger partial charge in [-0.3, -0.25) is 4.79 Å². The molecule has 11 nitrogen and oxygen atoms in total. The fourth-order valence-corrected chi connectivity index (χ4v) is 7.57. The van der Waals surface area contributed by atoms with Gasteiger partial charge in [0.1, 0.15) is 6.33 Å². The third kappa shape index (κ3) is 7.82. The molecule has 44 heavy (non-hydrogen) atoms. The standard InChI is InChI=1S/C31H45ClN6O5S/c1-36(44(3,40)41)24-11-15-37(16-12-24)25-13-17-38(18-14-25)31(39)28-29(42-2)30(35-21-34-28)33-20-26-5-4-6-27(43-26)23-9-7-22(19-32)8-10-23/h7-10,21,24-27H,4-6,11-20H2,1-3H3,(H,33,34,35)/t26-,27+/m0/s1. The molecule has 3 fully saturated rings. The number of alkyl halides is 1. The van der Waals surface area contributed by atoms with Gasteiger partial charge in [0.15, 0.2) is 17.3 Å². The minimum atomic E-state index is -3.19. The zero-order valence-corrected chi connectivity index (χ0v) is 27.5. The molecule has 1 aromatic heterocycles. The maximum atomic E-state index is 13.6. The molecule has 0 saturated carbocycles. The molecule has 1 aromatic carbocycles. The number of amides is 1. The lowest BCUT2D eigenvalue weighted by Crippen LogP contribution is -2.52. The molecule has 1 N–H and O–H groups in total. The molecule has 1 amide bonds. The van der Waals surface area contributed by atoms with Crippen molar-refractivity contribution in [1.29, 1.82) is 0 Å². The van der Waals surface area contributed by atoms with Gasteiger partial charge in [0.05, 0.1) is 25.6 Å². The number of aromatic nitrogens is 2. The first-order valence-corrected chi connectivity index (χ1v) is 18.0. The number of anilines is 1. The minimum Gasteiger partial charge on any atom is -0.491 e. The summed E-state index contributed by atoms with van der Waals surface area (Å²) in [6, 6.07) is 8.71. The summed E-state index contributed by atoms with van der Waals surface area (Å²) in [4.78, 5) is 26.6. The number of nitrogens with one attached hydrogen (secondary N) is 1. The summed E-state index contributed by atoms with van der Waals surface area (Å²) >= 11 is 5.94. The average molecular weight is 649 g/mol. The third-order valence-electron chi connectivity index (χ3n) is 9.37. The predicted molar refractivity (Wildman–Crippen MR) is 171 cm³/mol. The molecule has 0 unspecified atom stereocenters. The fourth-order valence-electron chi connectivity index (χ4n) is 6.64. The molecule has 5 rings (SSSR count). The zero-order valence-electron chi connectivity index (χ0n) is 26.0. The van der Waals surface area contributed by atoms with E-state index in [-0.39, 0.29) is 29.9 Å². The van der Waals surface area contributed by atoms with Crippen molar-refractivity contribution in [2.75, 3.05) is 58.5 Å². The van der Waals surface area contributed by atoms with Crippen molar-refractivity contribution in [2.24, 2.45) is 0 Å². The Hall–Kier alpha value is -2.51. The number of ether oxygens (including phenoxy) is 2. The summed E-state index contributed by atoms with van der Waals surface area (Å²) < 4.78 is 37.4. The quantitative estimate of drug-likeness (QED) is 0.383. The summed E-state index contributed by atoms with van der Waals surface area (Å²) in [5, 5.41) is 3.36. The molecule has 0 radical (unpaired) electrons. The summed E-state index contributed by atoms with van der Waals surface area (Å²) in [5.74, 6) is 1.17. The first-order valence-electron chi connectivity index (χ1n) is 15.6. The lowest BCUT2D eigenvalue weighted by Gasteiger charge is -2.43. The number of carbonyl (C=O) groups excluding carboxylic acids is 1. The molecule has 2 atom stereocenters. The van der Waals surface area contributed by atoms with Crippen LogP contribution in [-0.4, -0.2) is 110 Å². The number of hydrogen-bond acceptors (Lipinski definition) is 9. The number of likely N-dealkylation sites (tertiary alicyclic amines) is 2. The minimum absolute atomic E-state index is 0.00357. The number of nitrogens with zero attached hydrogens (tertiary/aromatic N) is 5. The molecule has 0 aliphatic carbocycles. The number of carbonyl (C=O) groups is 1. The van der Waals surface area contributed by atoms with E-state index in [1.807, 2.05) is 17.0 Å². The molecule has 13 heteroatoms. The van der Waals surface area contributed by atoms with Gasteiger partial charge in [-0.15, -0.1) is 11.6 Å². The smallest absolute Gasteiger partial charge is 0.276 e. The second-order valence-corrected chi connectivity index (χ2v) is 14.4. The van der Waals surface area contributed by atoms with E-state index in [4.69, 9.17) is 21.1 Å². The van der Waals surface area contributed by atoms with Crippen molar-refractivity contribution < 1.29 is 22.7 Å². The van der Waals surface area contributed by atoms with Gasteiger partial charge < -0.3 is 24.6 Å². The molecule has 3 saturated heterocycles. The highest BCUT2D eigenvalue weighted by molar-refractivity contribution is 7.88. The first-order chi connectivity index (χ1) is 21.2. The van der Waals surface area contributed by atoms with Gasteiger partial charge in [0.25, 0.3) is 5.91 Å². The Labute approximate surface area is 266 Å². The van der Waals surface area contributed by atoms with Crippen LogP contribution in [0.2, 0.25) is 0 Å². The van der Waals surface area contributed by atoms with Crippen molar-refractivity contribution >= 4 is 33.3 Å². The number of benzene rings is 1. The lowest BCUT2D eigenvalue weighted by molar-refractivity contribution is -0.0442. The highest BCUT2D eigenvalue weighted by Crippen LogP contribution is 2.33. The van der Waals surface area contributed by atoms with Crippen LogP contribution in [0.5, 0.6) is 5.75 Å². The Morgan fingerprint density at radius 3 is 2.41 bits per heavy atom. The van der Waals surface area contributed by atoms with Crippen LogP contribution in [0.3, 0.4) is 0 Å². The lowest BCUT2D eigenvalue weighted by atomic mass is 9.97. The topological polar surface area (TPSA) is 117 Å². The summed E-state index contributed by atoms with van der Waals surface area (Å²) in [5.41, 5.74) is 2.51. The van der Waals surface area contributed by atoms with Crippen LogP contribution < -0.4 is 10.1 Å². The molecule has 0 spiro atoms. The van der Waals surface area contributed by atoms with Crippen LogP contribution in [0.15, 0.2) is 30.6 Å². The summed E-state index contributed by atoms with van der Waals surface area (Å²) in [6.07, 6.45) is 9.06. The highest BCUT2D eigenvalue weighted by atomic mass is 35.5. The Bertz CT molecular complexity index is 1360. The van der Waals surface area contributed by atoms with E-state index < -0.39 is 10.0 Å². The molecule has 3 aliphatic rings. The van der Waals surface area contributed by atoms with Gasteiger partial charge in [-0.25, -0.2) is 22.7 Å². The van der Waals surface area contributed by atoms with Crippen LogP contribution in [-0.2, 0) is 20.6 Å². The van der Waals surface area contributed by atoms with Gasteiger partial charge in [0, 0.05) is 44.6 Å². The second-order valence-electron chi connectivity index (χ2n) is 12.1. The molecular weight excluding hydrogens is 604 g/mol. The Morgan fingerprint density at radius 1 is 1.07 bits per heavy atom. The van der Waals surface area contributed by atoms with Crippen LogP contribution in [0.25, 0.3) is 0 Å². The molecule has 3 aliphatic heterocycles. The summed E-state index contributed by atoms with van der Waals surface area (Å²) in [7, 11) is 0.0234. The van der Waals surface area contributed by atoms with E-state index in [1.54, 1.807) is 7.05 Å². The Morgan fingerprint density at radius 2 is 1.77 bits per heavy atom. The Balaban J connectivity index is 1.14. The van der Waals surface area contributed by atoms with Crippen LogP contribution in [0, 0.1) is 0 Å². The van der Waals surface area contributed by atoms with Crippen molar-refractivity contribution in [3.8, 4) is 5.75 Å². The van der Waals surface area contributed by atoms with Crippen molar-refractivity contribution in [3.63, 3.8) is 0 Å². The first kappa shape index (κ1) is 32.9. The number of halogens is 1. The number of sulfonamides is 1. The Kier molecular flexibility index (Phi) is 11.0. The van der Waals surface area contributed by atoms with Crippen molar-refractivity contribution in [3.05, 3.63) is 47.4 Å². The summed E-state index contributed by atoms with van der Waals surface area (Å²) in [6.45, 7) is 3.53. The maximum absolute atomic E-state index is 13.6. The van der Waals surface area contributed by atoms with Crippen molar-refractivity contribution in [2.45, 2.75) is 75.1 Å². The fraction of sp³-hybridized carbons (Fsp3) is 0.645. The third-order valence-corrected chi connectivity index (χ3v) is 11.0. The molecule has 2 aromatic rings. The maximum Gasteiger partial charge on any atom is 0.276 e. The van der Waals surface area contributed by atoms with Gasteiger partial charge in [0.2, 0.25) is 10.0 Å². The van der Waals surface area contributed by atoms with Crippen LogP contribution in [0.1, 0.15) is 72.7 Å². The van der Waals surface area contributed by atoms with Gasteiger partial charge >= 0.3 is 0 Å². The molecule has 4 heterocycles. The molecule has 242 valence electrons. The van der Waals surface area contributed by atoms with E-state index in [2.05, 4.69) is 32.3 Å². The van der Waals surface area contributed by atoms with E-state index in [1.165, 1.54) is 24.0 Å². The van der Waals surface area contributed by atoms with E-state index in [9.17, 15) is 13.2 Å². The predicted octanol–water partition coefficient (Wildman–Crippen LogP) is 3.91. The van der Waals surface area contributed by atoms with Gasteiger partial charge in [-0.05, 0) is 69.2 Å².